The van der Waals surface area contributed by atoms with Crippen molar-refractivity contribution in [1.82, 2.24) is 9.80 Å². The fourth-order valence-corrected chi connectivity index (χ4v) is 3.46. The van der Waals surface area contributed by atoms with E-state index in [1.807, 2.05) is 0 Å². The molecule has 0 aromatic rings. The van der Waals surface area contributed by atoms with E-state index in [4.69, 9.17) is 9.31 Å². The minimum atomic E-state index is 0.774. The second kappa shape index (κ2) is 11.5. The molecule has 2 heterocycles. The first kappa shape index (κ1) is 19.2. The minimum absolute atomic E-state index is 0.774. The number of rotatable bonds is 10. The molecule has 0 bridgehead atoms. The average Bonchev–Trinajstić information content (AvgIpc) is 2.56. The predicted octanol–water partition coefficient (Wildman–Crippen LogP) is 2.80. The molecule has 1 radical (unpaired) electrons. The summed E-state index contributed by atoms with van der Waals surface area (Å²) in [6, 6.07) is 0. The Balaban J connectivity index is 1.32. The van der Waals surface area contributed by atoms with Gasteiger partial charge in [-0.2, -0.15) is 0 Å². The van der Waals surface area contributed by atoms with E-state index < -0.39 is 0 Å². The molecule has 0 N–H and O–H groups in total. The Morgan fingerprint density at radius 3 is 1.52 bits per heavy atom. The fraction of sp³-hybridized carbons (Fsp3) is 1.00. The van der Waals surface area contributed by atoms with Crippen molar-refractivity contribution in [3.05, 3.63) is 0 Å². The molecule has 2 fully saturated rings. The maximum Gasteiger partial charge on any atom is 0.487 e. The normalized spacial score (nSPS) is 22.5. The Labute approximate surface area is 144 Å². The smallest absolute Gasteiger partial charge is 0.413 e. The van der Waals surface area contributed by atoms with Crippen molar-refractivity contribution in [1.29, 1.82) is 0 Å². The summed E-state index contributed by atoms with van der Waals surface area (Å²) in [5.74, 6) is 1.83. The van der Waals surface area contributed by atoms with Crippen molar-refractivity contribution in [2.45, 2.75) is 52.4 Å². The fourth-order valence-electron chi connectivity index (χ4n) is 3.46. The molecule has 2 aliphatic heterocycles. The van der Waals surface area contributed by atoms with E-state index in [0.717, 1.165) is 51.0 Å². The second-order valence-electron chi connectivity index (χ2n) is 7.59. The average molecular weight is 323 g/mol. The highest BCUT2D eigenvalue weighted by Crippen LogP contribution is 2.16. The van der Waals surface area contributed by atoms with Crippen molar-refractivity contribution >= 4 is 7.69 Å². The van der Waals surface area contributed by atoms with Gasteiger partial charge in [-0.1, -0.05) is 13.8 Å². The first-order chi connectivity index (χ1) is 11.2. The van der Waals surface area contributed by atoms with Crippen molar-refractivity contribution in [2.75, 3.05) is 52.5 Å². The van der Waals surface area contributed by atoms with E-state index in [9.17, 15) is 0 Å². The van der Waals surface area contributed by atoms with Crippen LogP contribution in [0, 0.1) is 11.8 Å². The first-order valence-corrected chi connectivity index (χ1v) is 9.73. The zero-order valence-electron chi connectivity index (χ0n) is 15.3. The molecule has 0 aromatic heterocycles. The van der Waals surface area contributed by atoms with Crippen LogP contribution in [0.1, 0.15) is 52.4 Å². The van der Waals surface area contributed by atoms with Crippen molar-refractivity contribution in [3.8, 4) is 0 Å². The third-order valence-electron chi connectivity index (χ3n) is 5.36. The van der Waals surface area contributed by atoms with Gasteiger partial charge in [-0.15, -0.1) is 0 Å². The van der Waals surface area contributed by atoms with Crippen LogP contribution in [-0.4, -0.2) is 70.0 Å². The van der Waals surface area contributed by atoms with Gasteiger partial charge < -0.3 is 19.1 Å². The van der Waals surface area contributed by atoms with Gasteiger partial charge >= 0.3 is 7.69 Å². The van der Waals surface area contributed by atoms with Crippen LogP contribution in [-0.2, 0) is 9.31 Å². The van der Waals surface area contributed by atoms with Crippen LogP contribution in [0.2, 0.25) is 0 Å². The molecule has 0 aliphatic carbocycles. The number of likely N-dealkylation sites (tertiary alicyclic amines) is 2. The van der Waals surface area contributed by atoms with Gasteiger partial charge in [0.2, 0.25) is 0 Å². The van der Waals surface area contributed by atoms with E-state index in [-0.39, 0.29) is 0 Å². The molecule has 4 nitrogen and oxygen atoms in total. The molecule has 133 valence electrons. The summed E-state index contributed by atoms with van der Waals surface area (Å²) in [5.41, 5.74) is 0. The Morgan fingerprint density at radius 2 is 1.13 bits per heavy atom. The summed E-state index contributed by atoms with van der Waals surface area (Å²) in [5, 5.41) is 0. The quantitative estimate of drug-likeness (QED) is 0.456. The number of piperidine rings is 2. The van der Waals surface area contributed by atoms with Gasteiger partial charge in [-0.05, 0) is 76.5 Å². The monoisotopic (exact) mass is 323 g/mol. The van der Waals surface area contributed by atoms with E-state index in [0.29, 0.717) is 0 Å². The lowest BCUT2D eigenvalue weighted by Crippen LogP contribution is -2.34. The third-order valence-corrected chi connectivity index (χ3v) is 5.36. The van der Waals surface area contributed by atoms with E-state index in [1.165, 1.54) is 51.9 Å². The highest BCUT2D eigenvalue weighted by Gasteiger charge is 2.15. The molecule has 23 heavy (non-hydrogen) atoms. The lowest BCUT2D eigenvalue weighted by atomic mass is 9.99. The zero-order chi connectivity index (χ0) is 16.3. The van der Waals surface area contributed by atoms with Crippen LogP contribution in [0.4, 0.5) is 0 Å². The SMILES string of the molecule is CC1CCN(CCCO[B]OCCCN2CCC(C)CC2)CC1. The summed E-state index contributed by atoms with van der Waals surface area (Å²) >= 11 is 0. The van der Waals surface area contributed by atoms with Gasteiger partial charge in [-0.25, -0.2) is 0 Å². The highest BCUT2D eigenvalue weighted by molar-refractivity contribution is 6.17. The second-order valence-corrected chi connectivity index (χ2v) is 7.59. The summed E-state index contributed by atoms with van der Waals surface area (Å²) in [6.07, 6.45) is 7.61. The standard InChI is InChI=1S/C18H36BN2O2/c1-17-5-11-20(12-6-17)9-3-15-22-19-23-16-4-10-21-13-7-18(2)8-14-21/h17-18H,3-16H2,1-2H3. The largest absolute Gasteiger partial charge is 0.487 e. The zero-order valence-corrected chi connectivity index (χ0v) is 15.3. The van der Waals surface area contributed by atoms with Crippen LogP contribution < -0.4 is 0 Å². The van der Waals surface area contributed by atoms with Gasteiger partial charge in [-0.3, -0.25) is 0 Å². The first-order valence-electron chi connectivity index (χ1n) is 9.73. The topological polar surface area (TPSA) is 24.9 Å². The van der Waals surface area contributed by atoms with E-state index in [2.05, 4.69) is 23.6 Å². The number of hydrogen-bond acceptors (Lipinski definition) is 4. The number of nitrogens with zero attached hydrogens (tertiary/aromatic N) is 2. The maximum absolute atomic E-state index is 5.46. The molecule has 2 rings (SSSR count). The summed E-state index contributed by atoms with van der Waals surface area (Å²) in [4.78, 5) is 5.12. The molecule has 0 saturated carbocycles. The van der Waals surface area contributed by atoms with E-state index >= 15 is 0 Å². The van der Waals surface area contributed by atoms with Crippen molar-refractivity contribution in [2.24, 2.45) is 11.8 Å². The molecule has 0 spiro atoms. The van der Waals surface area contributed by atoms with E-state index in [1.54, 1.807) is 7.69 Å². The van der Waals surface area contributed by atoms with Crippen LogP contribution >= 0.6 is 0 Å². The lowest BCUT2D eigenvalue weighted by molar-refractivity contribution is 0.158. The summed E-state index contributed by atoms with van der Waals surface area (Å²) < 4.78 is 10.9. The van der Waals surface area contributed by atoms with Gasteiger partial charge in [0.25, 0.3) is 0 Å². The molecular formula is C18H36BN2O2. The Bertz CT molecular complexity index is 263. The third kappa shape index (κ3) is 8.53. The molecule has 0 aromatic carbocycles. The van der Waals surface area contributed by atoms with Crippen LogP contribution in [0.5, 0.6) is 0 Å². The highest BCUT2D eigenvalue weighted by atomic mass is 16.6. The van der Waals surface area contributed by atoms with Crippen LogP contribution in [0.3, 0.4) is 0 Å². The van der Waals surface area contributed by atoms with Crippen LogP contribution in [0.15, 0.2) is 0 Å². The maximum atomic E-state index is 5.46. The lowest BCUT2D eigenvalue weighted by Gasteiger charge is -2.30. The van der Waals surface area contributed by atoms with Crippen molar-refractivity contribution in [3.63, 3.8) is 0 Å². The molecular weight excluding hydrogens is 287 g/mol. The molecule has 0 atom stereocenters. The summed E-state index contributed by atoms with van der Waals surface area (Å²) in [6.45, 7) is 13.6. The predicted molar refractivity (Wildman–Crippen MR) is 96.6 cm³/mol. The van der Waals surface area contributed by atoms with Gasteiger partial charge in [0.05, 0.1) is 0 Å². The minimum Gasteiger partial charge on any atom is -0.413 e. The Hall–Kier alpha value is -0.0951. The van der Waals surface area contributed by atoms with Gasteiger partial charge in [0.15, 0.2) is 0 Å². The van der Waals surface area contributed by atoms with Gasteiger partial charge in [0, 0.05) is 26.3 Å². The molecule has 0 amide bonds. The Morgan fingerprint density at radius 1 is 0.739 bits per heavy atom. The number of hydrogen-bond donors (Lipinski definition) is 0. The van der Waals surface area contributed by atoms with Crippen LogP contribution in [0.25, 0.3) is 0 Å². The molecule has 2 aliphatic rings. The summed E-state index contributed by atoms with van der Waals surface area (Å²) in [7, 11) is 1.55. The Kier molecular flexibility index (Phi) is 9.58. The van der Waals surface area contributed by atoms with Gasteiger partial charge in [0.1, 0.15) is 0 Å². The molecule has 2 saturated heterocycles. The molecule has 0 unspecified atom stereocenters. The molecule has 5 heteroatoms. The van der Waals surface area contributed by atoms with Crippen molar-refractivity contribution < 1.29 is 9.31 Å².